The van der Waals surface area contributed by atoms with Crippen molar-refractivity contribution >= 4 is 5.91 Å². The van der Waals surface area contributed by atoms with Crippen molar-refractivity contribution in [3.8, 4) is 0 Å². The maximum absolute atomic E-state index is 12.7. The van der Waals surface area contributed by atoms with Crippen molar-refractivity contribution < 1.29 is 9.18 Å². The molecule has 104 valence electrons. The Morgan fingerprint density at radius 2 is 1.75 bits per heavy atom. The highest BCUT2D eigenvalue weighted by molar-refractivity contribution is 5.82. The molecule has 1 atom stereocenters. The van der Waals surface area contributed by atoms with E-state index < -0.39 is 6.04 Å². The van der Waals surface area contributed by atoms with E-state index in [0.717, 1.165) is 11.1 Å². The summed E-state index contributed by atoms with van der Waals surface area (Å²) in [7, 11) is 0. The molecule has 0 aliphatic carbocycles. The van der Waals surface area contributed by atoms with Gasteiger partial charge in [-0.1, -0.05) is 42.5 Å². The number of nitrogens with two attached hydrogens (primary N) is 1. The lowest BCUT2D eigenvalue weighted by atomic mass is 10.1. The third-order valence-corrected chi connectivity index (χ3v) is 3.07. The number of rotatable bonds is 5. The van der Waals surface area contributed by atoms with Gasteiger partial charge < -0.3 is 11.1 Å². The van der Waals surface area contributed by atoms with E-state index in [1.54, 1.807) is 12.1 Å². The lowest BCUT2D eigenvalue weighted by molar-refractivity contribution is -0.122. The first kappa shape index (κ1) is 14.2. The molecule has 0 fully saturated rings. The second-order valence-corrected chi connectivity index (χ2v) is 4.56. The van der Waals surface area contributed by atoms with Gasteiger partial charge in [0.15, 0.2) is 0 Å². The topological polar surface area (TPSA) is 55.1 Å². The van der Waals surface area contributed by atoms with E-state index in [0.29, 0.717) is 13.0 Å². The number of nitrogens with one attached hydrogen (secondary N) is 1. The van der Waals surface area contributed by atoms with Crippen LogP contribution in [0.15, 0.2) is 54.6 Å². The van der Waals surface area contributed by atoms with Gasteiger partial charge in [0.2, 0.25) is 5.91 Å². The summed E-state index contributed by atoms with van der Waals surface area (Å²) in [4.78, 5) is 11.9. The average molecular weight is 272 g/mol. The summed E-state index contributed by atoms with van der Waals surface area (Å²) < 4.78 is 12.7. The molecule has 3 N–H and O–H groups in total. The van der Waals surface area contributed by atoms with Crippen LogP contribution in [0.5, 0.6) is 0 Å². The van der Waals surface area contributed by atoms with E-state index in [2.05, 4.69) is 5.32 Å². The van der Waals surface area contributed by atoms with Crippen LogP contribution in [-0.2, 0) is 11.2 Å². The van der Waals surface area contributed by atoms with Crippen molar-refractivity contribution in [2.75, 3.05) is 6.54 Å². The maximum atomic E-state index is 12.7. The molecule has 0 aliphatic rings. The first-order chi connectivity index (χ1) is 9.66. The molecule has 0 heterocycles. The quantitative estimate of drug-likeness (QED) is 0.876. The van der Waals surface area contributed by atoms with Gasteiger partial charge in [0.1, 0.15) is 11.9 Å². The molecule has 0 saturated carbocycles. The van der Waals surface area contributed by atoms with Crippen LogP contribution in [0.1, 0.15) is 17.2 Å². The number of carbonyl (C=O) groups is 1. The maximum Gasteiger partial charge on any atom is 0.241 e. The molecule has 0 spiro atoms. The van der Waals surface area contributed by atoms with E-state index in [1.165, 1.54) is 12.1 Å². The Morgan fingerprint density at radius 1 is 1.10 bits per heavy atom. The molecule has 2 aromatic carbocycles. The number of amides is 1. The standard InChI is InChI=1S/C16H17FN2O/c17-14-8-6-12(7-9-14)10-11-19-16(20)15(18)13-4-2-1-3-5-13/h1-9,15H,10-11,18H2,(H,19,20)/t15-/m1/s1. The van der Waals surface area contributed by atoms with E-state index >= 15 is 0 Å². The van der Waals surface area contributed by atoms with Crippen molar-refractivity contribution in [1.29, 1.82) is 0 Å². The first-order valence-corrected chi connectivity index (χ1v) is 6.49. The van der Waals surface area contributed by atoms with Gasteiger partial charge in [0.05, 0.1) is 0 Å². The van der Waals surface area contributed by atoms with Crippen LogP contribution in [0.3, 0.4) is 0 Å². The molecule has 2 rings (SSSR count). The third-order valence-electron chi connectivity index (χ3n) is 3.07. The minimum atomic E-state index is -0.663. The van der Waals surface area contributed by atoms with Crippen LogP contribution >= 0.6 is 0 Å². The van der Waals surface area contributed by atoms with E-state index in [9.17, 15) is 9.18 Å². The fourth-order valence-electron chi connectivity index (χ4n) is 1.90. The second-order valence-electron chi connectivity index (χ2n) is 4.56. The summed E-state index contributed by atoms with van der Waals surface area (Å²) in [6.07, 6.45) is 0.646. The van der Waals surface area contributed by atoms with Gasteiger partial charge in [-0.3, -0.25) is 4.79 Å². The summed E-state index contributed by atoms with van der Waals surface area (Å²) in [6.45, 7) is 0.477. The smallest absolute Gasteiger partial charge is 0.241 e. The minimum absolute atomic E-state index is 0.210. The van der Waals surface area contributed by atoms with Crippen LogP contribution in [0.4, 0.5) is 4.39 Å². The zero-order chi connectivity index (χ0) is 14.4. The summed E-state index contributed by atoms with van der Waals surface area (Å²) in [6, 6.07) is 14.8. The number of halogens is 1. The van der Waals surface area contributed by atoms with Gasteiger partial charge in [0.25, 0.3) is 0 Å². The molecule has 0 bridgehead atoms. The van der Waals surface area contributed by atoms with Gasteiger partial charge in [-0.05, 0) is 29.7 Å². The minimum Gasteiger partial charge on any atom is -0.354 e. The molecular formula is C16H17FN2O. The fraction of sp³-hybridized carbons (Fsp3) is 0.188. The number of hydrogen-bond acceptors (Lipinski definition) is 2. The third kappa shape index (κ3) is 3.90. The van der Waals surface area contributed by atoms with E-state index in [-0.39, 0.29) is 11.7 Å². The lowest BCUT2D eigenvalue weighted by Gasteiger charge is -2.12. The van der Waals surface area contributed by atoms with E-state index in [4.69, 9.17) is 5.73 Å². The Kier molecular flexibility index (Phi) is 4.85. The number of benzene rings is 2. The van der Waals surface area contributed by atoms with Gasteiger partial charge in [-0.2, -0.15) is 0 Å². The predicted octanol–water partition coefficient (Wildman–Crippen LogP) is 2.18. The molecule has 0 aliphatic heterocycles. The molecule has 4 heteroatoms. The zero-order valence-corrected chi connectivity index (χ0v) is 11.1. The van der Waals surface area contributed by atoms with Crippen molar-refractivity contribution in [3.05, 3.63) is 71.5 Å². The van der Waals surface area contributed by atoms with Crippen molar-refractivity contribution in [1.82, 2.24) is 5.32 Å². The van der Waals surface area contributed by atoms with Crippen LogP contribution in [0.25, 0.3) is 0 Å². The Balaban J connectivity index is 1.82. The molecular weight excluding hydrogens is 255 g/mol. The fourth-order valence-corrected chi connectivity index (χ4v) is 1.90. The first-order valence-electron chi connectivity index (χ1n) is 6.49. The molecule has 0 saturated heterocycles. The number of hydrogen-bond donors (Lipinski definition) is 2. The highest BCUT2D eigenvalue weighted by Gasteiger charge is 2.14. The van der Waals surface area contributed by atoms with Gasteiger partial charge in [-0.25, -0.2) is 4.39 Å². The highest BCUT2D eigenvalue weighted by Crippen LogP contribution is 2.09. The van der Waals surface area contributed by atoms with Gasteiger partial charge in [0, 0.05) is 6.54 Å². The molecule has 0 radical (unpaired) electrons. The molecule has 1 amide bonds. The summed E-state index contributed by atoms with van der Waals surface area (Å²) >= 11 is 0. The van der Waals surface area contributed by atoms with Gasteiger partial charge in [-0.15, -0.1) is 0 Å². The van der Waals surface area contributed by atoms with Crippen LogP contribution in [0.2, 0.25) is 0 Å². The van der Waals surface area contributed by atoms with Crippen LogP contribution in [-0.4, -0.2) is 12.5 Å². The van der Waals surface area contributed by atoms with Crippen molar-refractivity contribution in [2.45, 2.75) is 12.5 Å². The Hall–Kier alpha value is -2.20. The van der Waals surface area contributed by atoms with Crippen molar-refractivity contribution in [2.24, 2.45) is 5.73 Å². The predicted molar refractivity (Wildman–Crippen MR) is 76.5 cm³/mol. The molecule has 0 unspecified atom stereocenters. The molecule has 0 aromatic heterocycles. The largest absolute Gasteiger partial charge is 0.354 e. The summed E-state index contributed by atoms with van der Waals surface area (Å²) in [5.41, 5.74) is 7.63. The number of carbonyl (C=O) groups excluding carboxylic acids is 1. The summed E-state index contributed by atoms with van der Waals surface area (Å²) in [5, 5.41) is 2.79. The average Bonchev–Trinajstić information content (AvgIpc) is 2.49. The van der Waals surface area contributed by atoms with Crippen molar-refractivity contribution in [3.63, 3.8) is 0 Å². The molecule has 2 aromatic rings. The Morgan fingerprint density at radius 3 is 2.40 bits per heavy atom. The summed E-state index contributed by atoms with van der Waals surface area (Å²) in [5.74, 6) is -0.470. The zero-order valence-electron chi connectivity index (χ0n) is 11.1. The van der Waals surface area contributed by atoms with Crippen LogP contribution < -0.4 is 11.1 Å². The second kappa shape index (κ2) is 6.82. The monoisotopic (exact) mass is 272 g/mol. The SMILES string of the molecule is N[C@@H](C(=O)NCCc1ccc(F)cc1)c1ccccc1. The lowest BCUT2D eigenvalue weighted by Crippen LogP contribution is -2.35. The molecule has 3 nitrogen and oxygen atoms in total. The van der Waals surface area contributed by atoms with E-state index in [1.807, 2.05) is 30.3 Å². The normalized spacial score (nSPS) is 11.9. The Bertz CT molecular complexity index is 554. The van der Waals surface area contributed by atoms with Crippen LogP contribution in [0, 0.1) is 5.82 Å². The van der Waals surface area contributed by atoms with Gasteiger partial charge >= 0.3 is 0 Å². The Labute approximate surface area is 117 Å². The molecule has 20 heavy (non-hydrogen) atoms. The highest BCUT2D eigenvalue weighted by atomic mass is 19.1.